The molecule has 0 saturated heterocycles. The number of hydrogen-bond donors (Lipinski definition) is 2. The minimum Gasteiger partial charge on any atom is -0.457 e. The minimum absolute atomic E-state index is 0.191. The molecule has 4 rings (SSSR count). The second-order valence-electron chi connectivity index (χ2n) is 6.32. The number of nitrogens with one attached hydrogen (secondary N) is 2. The van der Waals surface area contributed by atoms with Gasteiger partial charge in [0.1, 0.15) is 17.3 Å². The third kappa shape index (κ3) is 4.52. The van der Waals surface area contributed by atoms with E-state index in [1.165, 1.54) is 6.08 Å². The van der Waals surface area contributed by atoms with Gasteiger partial charge in [0.25, 0.3) is 5.91 Å². The van der Waals surface area contributed by atoms with Crippen LogP contribution < -0.4 is 15.4 Å². The Bertz CT molecular complexity index is 1230. The smallest absolute Gasteiger partial charge is 0.258 e. The third-order valence-electron chi connectivity index (χ3n) is 4.17. The molecular formula is C24H18N4O2. The molecule has 0 fully saturated rings. The van der Waals surface area contributed by atoms with Crippen LogP contribution in [0.1, 0.15) is 0 Å². The van der Waals surface area contributed by atoms with E-state index in [4.69, 9.17) is 4.74 Å². The van der Waals surface area contributed by atoms with E-state index in [2.05, 4.69) is 32.9 Å². The monoisotopic (exact) mass is 394 g/mol. The van der Waals surface area contributed by atoms with Gasteiger partial charge in [0.15, 0.2) is 0 Å². The molecule has 0 aliphatic carbocycles. The van der Waals surface area contributed by atoms with E-state index in [0.717, 1.165) is 22.6 Å². The fraction of sp³-hybridized carbons (Fsp3) is 0. The Hall–Kier alpha value is -4.41. The maximum Gasteiger partial charge on any atom is 0.258 e. The molecular weight excluding hydrogens is 376 g/mol. The van der Waals surface area contributed by atoms with Crippen LogP contribution in [0, 0.1) is 0 Å². The molecule has 0 spiro atoms. The van der Waals surface area contributed by atoms with Crippen molar-refractivity contribution in [1.29, 1.82) is 0 Å². The number of anilines is 3. The topological polar surface area (TPSA) is 76.1 Å². The number of amides is 1. The van der Waals surface area contributed by atoms with Gasteiger partial charge in [-0.15, -0.1) is 5.73 Å². The SMILES string of the molecule is C=C=CC(=O)Nc1nc(Nc2ccc(Oc3ccccc3)cc2)c2ccccc2n1. The first kappa shape index (κ1) is 18.9. The molecule has 0 unspecified atom stereocenters. The van der Waals surface area contributed by atoms with Crippen LogP contribution in [-0.2, 0) is 4.79 Å². The van der Waals surface area contributed by atoms with Crippen LogP contribution in [0.5, 0.6) is 11.5 Å². The molecule has 30 heavy (non-hydrogen) atoms. The number of carbonyl (C=O) groups excluding carboxylic acids is 1. The van der Waals surface area contributed by atoms with Crippen molar-refractivity contribution in [2.75, 3.05) is 10.6 Å². The summed E-state index contributed by atoms with van der Waals surface area (Å²) in [5, 5.41) is 6.74. The molecule has 0 radical (unpaired) electrons. The lowest BCUT2D eigenvalue weighted by atomic mass is 10.2. The average Bonchev–Trinajstić information content (AvgIpc) is 2.76. The normalized spacial score (nSPS) is 10.1. The van der Waals surface area contributed by atoms with Crippen LogP contribution in [0.25, 0.3) is 10.9 Å². The second kappa shape index (κ2) is 8.73. The molecule has 2 N–H and O–H groups in total. The average molecular weight is 394 g/mol. The van der Waals surface area contributed by atoms with Crippen molar-refractivity contribution < 1.29 is 9.53 Å². The molecule has 1 aromatic heterocycles. The van der Waals surface area contributed by atoms with Crippen LogP contribution >= 0.6 is 0 Å². The zero-order valence-electron chi connectivity index (χ0n) is 16.0. The first-order valence-corrected chi connectivity index (χ1v) is 9.25. The Morgan fingerprint density at radius 3 is 2.37 bits per heavy atom. The van der Waals surface area contributed by atoms with Crippen molar-refractivity contribution >= 4 is 34.3 Å². The maximum atomic E-state index is 11.8. The first-order valence-electron chi connectivity index (χ1n) is 9.25. The number of fused-ring (bicyclic) bond motifs is 1. The highest BCUT2D eigenvalue weighted by atomic mass is 16.5. The van der Waals surface area contributed by atoms with Crippen LogP contribution in [0.2, 0.25) is 0 Å². The van der Waals surface area contributed by atoms with Gasteiger partial charge in [-0.05, 0) is 48.5 Å². The number of carbonyl (C=O) groups is 1. The summed E-state index contributed by atoms with van der Waals surface area (Å²) in [6, 6.07) is 24.7. The Morgan fingerprint density at radius 1 is 0.900 bits per heavy atom. The van der Waals surface area contributed by atoms with Crippen LogP contribution in [-0.4, -0.2) is 15.9 Å². The number of ether oxygens (including phenoxy) is 1. The van der Waals surface area contributed by atoms with Crippen LogP contribution in [0.15, 0.2) is 97.2 Å². The van der Waals surface area contributed by atoms with Crippen molar-refractivity contribution in [1.82, 2.24) is 9.97 Å². The predicted molar refractivity (Wildman–Crippen MR) is 118 cm³/mol. The van der Waals surface area contributed by atoms with Crippen molar-refractivity contribution in [3.05, 3.63) is 97.2 Å². The number of para-hydroxylation sites is 2. The van der Waals surface area contributed by atoms with E-state index in [1.54, 1.807) is 0 Å². The number of aromatic nitrogens is 2. The molecule has 1 amide bonds. The lowest BCUT2D eigenvalue weighted by molar-refractivity contribution is -0.111. The third-order valence-corrected chi connectivity index (χ3v) is 4.17. The number of rotatable bonds is 6. The van der Waals surface area contributed by atoms with E-state index < -0.39 is 5.91 Å². The highest BCUT2D eigenvalue weighted by Gasteiger charge is 2.10. The van der Waals surface area contributed by atoms with Crippen LogP contribution in [0.4, 0.5) is 17.5 Å². The summed E-state index contributed by atoms with van der Waals surface area (Å²) in [5.41, 5.74) is 3.96. The zero-order chi connectivity index (χ0) is 20.8. The van der Waals surface area contributed by atoms with Crippen molar-refractivity contribution in [3.63, 3.8) is 0 Å². The zero-order valence-corrected chi connectivity index (χ0v) is 16.0. The summed E-state index contributed by atoms with van der Waals surface area (Å²) in [4.78, 5) is 20.7. The highest BCUT2D eigenvalue weighted by Crippen LogP contribution is 2.27. The summed E-state index contributed by atoms with van der Waals surface area (Å²) in [7, 11) is 0. The van der Waals surface area contributed by atoms with Gasteiger partial charge in [-0.2, -0.15) is 4.98 Å². The highest BCUT2D eigenvalue weighted by molar-refractivity contribution is 5.99. The van der Waals surface area contributed by atoms with Gasteiger partial charge in [-0.1, -0.05) is 36.9 Å². The lowest BCUT2D eigenvalue weighted by Gasteiger charge is -2.12. The second-order valence-corrected chi connectivity index (χ2v) is 6.32. The lowest BCUT2D eigenvalue weighted by Crippen LogP contribution is -2.11. The molecule has 0 aliphatic heterocycles. The van der Waals surface area contributed by atoms with Crippen LogP contribution in [0.3, 0.4) is 0 Å². The molecule has 0 aliphatic rings. The summed E-state index contributed by atoms with van der Waals surface area (Å²) in [6.07, 6.45) is 1.19. The molecule has 6 nitrogen and oxygen atoms in total. The summed E-state index contributed by atoms with van der Waals surface area (Å²) < 4.78 is 5.82. The molecule has 0 atom stereocenters. The molecule has 146 valence electrons. The Labute approximate surface area is 173 Å². The maximum absolute atomic E-state index is 11.8. The van der Waals surface area contributed by atoms with Gasteiger partial charge in [-0.25, -0.2) is 4.98 Å². The quantitative estimate of drug-likeness (QED) is 0.336. The number of nitrogens with zero attached hydrogens (tertiary/aromatic N) is 2. The molecule has 4 aromatic rings. The first-order chi connectivity index (χ1) is 14.7. The summed E-state index contributed by atoms with van der Waals surface area (Å²) >= 11 is 0. The van der Waals surface area contributed by atoms with Crippen molar-refractivity contribution in [3.8, 4) is 11.5 Å². The van der Waals surface area contributed by atoms with Gasteiger partial charge in [0.05, 0.1) is 5.52 Å². The van der Waals surface area contributed by atoms with E-state index in [-0.39, 0.29) is 5.95 Å². The summed E-state index contributed by atoms with van der Waals surface area (Å²) in [5.74, 6) is 1.87. The molecule has 1 heterocycles. The number of hydrogen-bond acceptors (Lipinski definition) is 5. The van der Waals surface area contributed by atoms with E-state index in [0.29, 0.717) is 11.3 Å². The fourth-order valence-electron chi connectivity index (χ4n) is 2.83. The van der Waals surface area contributed by atoms with E-state index >= 15 is 0 Å². The molecule has 6 heteroatoms. The van der Waals surface area contributed by atoms with Gasteiger partial charge < -0.3 is 10.1 Å². The van der Waals surface area contributed by atoms with Gasteiger partial charge in [0, 0.05) is 17.1 Å². The molecule has 3 aromatic carbocycles. The Morgan fingerprint density at radius 2 is 1.60 bits per heavy atom. The molecule has 0 saturated carbocycles. The Balaban J connectivity index is 1.59. The van der Waals surface area contributed by atoms with Crippen molar-refractivity contribution in [2.45, 2.75) is 0 Å². The summed E-state index contributed by atoms with van der Waals surface area (Å²) in [6.45, 7) is 3.39. The van der Waals surface area contributed by atoms with Gasteiger partial charge in [0.2, 0.25) is 5.95 Å². The van der Waals surface area contributed by atoms with Gasteiger partial charge >= 0.3 is 0 Å². The fourth-order valence-corrected chi connectivity index (χ4v) is 2.83. The predicted octanol–water partition coefficient (Wildman–Crippen LogP) is 5.45. The Kier molecular flexibility index (Phi) is 5.51. The number of benzene rings is 3. The van der Waals surface area contributed by atoms with E-state index in [9.17, 15) is 4.79 Å². The molecule has 0 bridgehead atoms. The van der Waals surface area contributed by atoms with E-state index in [1.807, 2.05) is 78.9 Å². The van der Waals surface area contributed by atoms with Gasteiger partial charge in [-0.3, -0.25) is 10.1 Å². The largest absolute Gasteiger partial charge is 0.457 e. The van der Waals surface area contributed by atoms with Crippen molar-refractivity contribution in [2.24, 2.45) is 0 Å². The standard InChI is InChI=1S/C24H18N4O2/c1-2-8-22(29)27-24-26-21-12-7-6-11-20(21)23(28-24)25-17-13-15-19(16-14-17)30-18-9-4-3-5-10-18/h3-16H,1H2,(H2,25,26,27,28,29). The minimum atomic E-state index is -0.395.